The molecule has 2 N–H and O–H groups in total. The Morgan fingerprint density at radius 3 is 2.61 bits per heavy atom. The lowest BCUT2D eigenvalue weighted by molar-refractivity contribution is 0.486. The fraction of sp³-hybridized carbons (Fsp3) is 0.571. The Morgan fingerprint density at radius 1 is 1.33 bits per heavy atom. The summed E-state index contributed by atoms with van der Waals surface area (Å²) in [5.41, 5.74) is 8.29. The second kappa shape index (κ2) is 6.90. The quantitative estimate of drug-likeness (QED) is 0.823. The highest BCUT2D eigenvalue weighted by molar-refractivity contribution is 7.90. The van der Waals surface area contributed by atoms with Gasteiger partial charge >= 0.3 is 0 Å². The van der Waals surface area contributed by atoms with E-state index in [1.165, 1.54) is 17.4 Å². The van der Waals surface area contributed by atoms with Crippen molar-refractivity contribution in [1.29, 1.82) is 0 Å². The van der Waals surface area contributed by atoms with Crippen molar-refractivity contribution in [1.82, 2.24) is 0 Å². The summed E-state index contributed by atoms with van der Waals surface area (Å²) in [6.07, 6.45) is 3.79. The number of aryl methyl sites for hydroxylation is 1. The van der Waals surface area contributed by atoms with E-state index in [-0.39, 0.29) is 5.75 Å². The summed E-state index contributed by atoms with van der Waals surface area (Å²) >= 11 is 0. The summed E-state index contributed by atoms with van der Waals surface area (Å²) in [5.74, 6) is 0.630. The SMILES string of the molecule is Cc1cccc(CC(CN)CCCS(C)(=O)=O)c1. The van der Waals surface area contributed by atoms with E-state index in [9.17, 15) is 8.42 Å². The Labute approximate surface area is 110 Å². The molecule has 0 bridgehead atoms. The van der Waals surface area contributed by atoms with Crippen LogP contribution in [0, 0.1) is 12.8 Å². The van der Waals surface area contributed by atoms with E-state index < -0.39 is 9.84 Å². The van der Waals surface area contributed by atoms with E-state index in [1.807, 2.05) is 0 Å². The van der Waals surface area contributed by atoms with E-state index >= 15 is 0 Å². The van der Waals surface area contributed by atoms with E-state index in [2.05, 4.69) is 31.2 Å². The maximum absolute atomic E-state index is 11.1. The zero-order valence-electron chi connectivity index (χ0n) is 11.2. The first kappa shape index (κ1) is 15.2. The molecule has 1 aromatic carbocycles. The zero-order valence-corrected chi connectivity index (χ0v) is 12.0. The van der Waals surface area contributed by atoms with Gasteiger partial charge in [-0.2, -0.15) is 0 Å². The van der Waals surface area contributed by atoms with Gasteiger partial charge in [-0.1, -0.05) is 29.8 Å². The highest BCUT2D eigenvalue weighted by Gasteiger charge is 2.10. The summed E-state index contributed by atoms with van der Waals surface area (Å²) < 4.78 is 22.1. The lowest BCUT2D eigenvalue weighted by Gasteiger charge is -2.14. The smallest absolute Gasteiger partial charge is 0.147 e. The highest BCUT2D eigenvalue weighted by Crippen LogP contribution is 2.15. The van der Waals surface area contributed by atoms with Crippen LogP contribution in [0.25, 0.3) is 0 Å². The molecule has 0 aliphatic rings. The van der Waals surface area contributed by atoms with Crippen molar-refractivity contribution in [3.8, 4) is 0 Å². The van der Waals surface area contributed by atoms with Gasteiger partial charge in [0.05, 0.1) is 0 Å². The standard InChI is InChI=1S/C14H23NO2S/c1-12-5-3-6-13(9-12)10-14(11-15)7-4-8-18(2,16)17/h3,5-6,9,14H,4,7-8,10-11,15H2,1-2H3. The van der Waals surface area contributed by atoms with Gasteiger partial charge in [0.15, 0.2) is 0 Å². The second-order valence-electron chi connectivity index (χ2n) is 5.07. The molecule has 0 spiro atoms. The summed E-state index contributed by atoms with van der Waals surface area (Å²) in [4.78, 5) is 0. The van der Waals surface area contributed by atoms with Crippen molar-refractivity contribution in [2.45, 2.75) is 26.2 Å². The van der Waals surface area contributed by atoms with Crippen LogP contribution in [-0.2, 0) is 16.3 Å². The van der Waals surface area contributed by atoms with Crippen LogP contribution in [0.2, 0.25) is 0 Å². The zero-order chi connectivity index (χ0) is 13.6. The van der Waals surface area contributed by atoms with Crippen molar-refractivity contribution in [3.05, 3.63) is 35.4 Å². The van der Waals surface area contributed by atoms with Crippen LogP contribution in [0.3, 0.4) is 0 Å². The van der Waals surface area contributed by atoms with Crippen molar-refractivity contribution in [3.63, 3.8) is 0 Å². The van der Waals surface area contributed by atoms with Gasteiger partial charge in [0.25, 0.3) is 0 Å². The van der Waals surface area contributed by atoms with Gasteiger partial charge in [-0.3, -0.25) is 0 Å². The predicted octanol–water partition coefficient (Wildman–Crippen LogP) is 1.94. The van der Waals surface area contributed by atoms with E-state index in [0.717, 1.165) is 12.8 Å². The summed E-state index contributed by atoms with van der Waals surface area (Å²) in [6.45, 7) is 2.68. The largest absolute Gasteiger partial charge is 0.330 e. The van der Waals surface area contributed by atoms with Gasteiger partial charge in [0.2, 0.25) is 0 Å². The van der Waals surface area contributed by atoms with Crippen LogP contribution in [0.15, 0.2) is 24.3 Å². The van der Waals surface area contributed by atoms with Crippen molar-refractivity contribution >= 4 is 9.84 Å². The monoisotopic (exact) mass is 269 g/mol. The van der Waals surface area contributed by atoms with Crippen LogP contribution < -0.4 is 5.73 Å². The minimum Gasteiger partial charge on any atom is -0.330 e. The first-order chi connectivity index (χ1) is 8.40. The maximum atomic E-state index is 11.1. The van der Waals surface area contributed by atoms with Gasteiger partial charge < -0.3 is 5.73 Å². The minimum absolute atomic E-state index is 0.261. The van der Waals surface area contributed by atoms with Gasteiger partial charge in [-0.25, -0.2) is 8.42 Å². The fourth-order valence-corrected chi connectivity index (χ4v) is 2.80. The third-order valence-electron chi connectivity index (χ3n) is 3.07. The Morgan fingerprint density at radius 2 is 2.06 bits per heavy atom. The molecule has 3 nitrogen and oxygen atoms in total. The van der Waals surface area contributed by atoms with E-state index in [4.69, 9.17) is 5.73 Å². The molecule has 0 saturated heterocycles. The topological polar surface area (TPSA) is 60.2 Å². The Kier molecular flexibility index (Phi) is 5.82. The number of hydrogen-bond donors (Lipinski definition) is 1. The predicted molar refractivity (Wildman–Crippen MR) is 76.4 cm³/mol. The van der Waals surface area contributed by atoms with Gasteiger partial charge in [-0.15, -0.1) is 0 Å². The minimum atomic E-state index is -2.85. The van der Waals surface area contributed by atoms with Crippen LogP contribution >= 0.6 is 0 Å². The average Bonchev–Trinajstić information content (AvgIpc) is 2.26. The highest BCUT2D eigenvalue weighted by atomic mass is 32.2. The van der Waals surface area contributed by atoms with Crippen LogP contribution in [0.4, 0.5) is 0 Å². The Balaban J connectivity index is 2.47. The second-order valence-corrected chi connectivity index (χ2v) is 7.33. The normalized spacial score (nSPS) is 13.5. The molecule has 0 radical (unpaired) electrons. The molecular weight excluding hydrogens is 246 g/mol. The van der Waals surface area contributed by atoms with Crippen LogP contribution in [0.5, 0.6) is 0 Å². The van der Waals surface area contributed by atoms with Gasteiger partial charge in [0.1, 0.15) is 9.84 Å². The lowest BCUT2D eigenvalue weighted by Crippen LogP contribution is -2.18. The number of rotatable bonds is 7. The molecule has 1 rings (SSSR count). The first-order valence-corrected chi connectivity index (χ1v) is 8.40. The summed E-state index contributed by atoms with van der Waals surface area (Å²) in [5, 5.41) is 0. The first-order valence-electron chi connectivity index (χ1n) is 6.34. The molecule has 18 heavy (non-hydrogen) atoms. The van der Waals surface area contributed by atoms with Crippen LogP contribution in [0.1, 0.15) is 24.0 Å². The number of sulfone groups is 1. The third kappa shape index (κ3) is 6.17. The van der Waals surface area contributed by atoms with Gasteiger partial charge in [0, 0.05) is 12.0 Å². The summed E-state index contributed by atoms with van der Waals surface area (Å²) in [7, 11) is -2.85. The molecule has 0 aliphatic heterocycles. The molecular formula is C14H23NO2S. The third-order valence-corrected chi connectivity index (χ3v) is 4.10. The number of nitrogens with two attached hydrogens (primary N) is 1. The molecule has 0 aliphatic carbocycles. The van der Waals surface area contributed by atoms with Gasteiger partial charge in [-0.05, 0) is 44.2 Å². The van der Waals surface area contributed by atoms with E-state index in [1.54, 1.807) is 0 Å². The summed E-state index contributed by atoms with van der Waals surface area (Å²) in [6, 6.07) is 8.39. The molecule has 1 atom stereocenters. The molecule has 0 heterocycles. The Hall–Kier alpha value is -0.870. The maximum Gasteiger partial charge on any atom is 0.147 e. The fourth-order valence-electron chi connectivity index (χ4n) is 2.11. The molecule has 0 aromatic heterocycles. The lowest BCUT2D eigenvalue weighted by atomic mass is 9.94. The molecule has 102 valence electrons. The number of hydrogen-bond acceptors (Lipinski definition) is 3. The molecule has 0 amide bonds. The van der Waals surface area contributed by atoms with Crippen molar-refractivity contribution in [2.24, 2.45) is 11.7 Å². The molecule has 4 heteroatoms. The van der Waals surface area contributed by atoms with Crippen molar-refractivity contribution in [2.75, 3.05) is 18.6 Å². The average molecular weight is 269 g/mol. The molecule has 0 fully saturated rings. The molecule has 0 saturated carbocycles. The Bertz CT molecular complexity index is 468. The van der Waals surface area contributed by atoms with E-state index in [0.29, 0.717) is 18.9 Å². The van der Waals surface area contributed by atoms with Crippen molar-refractivity contribution < 1.29 is 8.42 Å². The van der Waals surface area contributed by atoms with Crippen LogP contribution in [-0.4, -0.2) is 27.0 Å². The number of benzene rings is 1. The molecule has 1 unspecified atom stereocenters. The molecule has 1 aromatic rings.